The number of nitro benzene ring substituents is 1. The molecule has 108 valence electrons. The van der Waals surface area contributed by atoms with Crippen LogP contribution >= 0.6 is 0 Å². The predicted molar refractivity (Wildman–Crippen MR) is 70.5 cm³/mol. The summed E-state index contributed by atoms with van der Waals surface area (Å²) in [4.78, 5) is 17.8. The van der Waals surface area contributed by atoms with E-state index < -0.39 is 27.8 Å². The van der Waals surface area contributed by atoms with Gasteiger partial charge in [-0.25, -0.2) is 14.4 Å². The zero-order valence-corrected chi connectivity index (χ0v) is 10.8. The smallest absolute Gasteiger partial charge is 0.305 e. The Morgan fingerprint density at radius 3 is 2.71 bits per heavy atom. The van der Waals surface area contributed by atoms with Crippen LogP contribution in [0.2, 0.25) is 0 Å². The third-order valence-electron chi connectivity index (χ3n) is 3.46. The molecule has 2 N–H and O–H groups in total. The fourth-order valence-corrected chi connectivity index (χ4v) is 2.46. The summed E-state index contributed by atoms with van der Waals surface area (Å²) in [6, 6.07) is 1.59. The average molecular weight is 292 g/mol. The second-order valence-electron chi connectivity index (χ2n) is 4.72. The quantitative estimate of drug-likeness (QED) is 0.677. The van der Waals surface area contributed by atoms with E-state index in [0.717, 1.165) is 30.5 Å². The summed E-state index contributed by atoms with van der Waals surface area (Å²) < 4.78 is 28.0. The Hall–Kier alpha value is -2.64. The molecule has 1 aromatic heterocycles. The van der Waals surface area contributed by atoms with Crippen LogP contribution in [0.3, 0.4) is 0 Å². The standard InChI is InChI=1S/C13H10F2N4O2/c14-7-4-5-9(19(20)21)11(15)10(7)13-17-8-3-1-2-6(8)12(16)18-13/h4-5H,1-3H2,(H2,16,17,18). The normalized spacial score (nSPS) is 13.2. The first kappa shape index (κ1) is 13.3. The molecule has 0 saturated carbocycles. The van der Waals surface area contributed by atoms with Crippen molar-refractivity contribution in [3.8, 4) is 11.4 Å². The highest BCUT2D eigenvalue weighted by molar-refractivity contribution is 5.64. The SMILES string of the molecule is Nc1nc(-c2c(F)ccc([N+](=O)[O-])c2F)nc2c1CCC2. The van der Waals surface area contributed by atoms with Crippen molar-refractivity contribution in [1.29, 1.82) is 0 Å². The van der Waals surface area contributed by atoms with Gasteiger partial charge in [0, 0.05) is 17.3 Å². The zero-order valence-electron chi connectivity index (χ0n) is 10.8. The van der Waals surface area contributed by atoms with Crippen molar-refractivity contribution in [2.45, 2.75) is 19.3 Å². The first-order valence-electron chi connectivity index (χ1n) is 6.27. The highest BCUT2D eigenvalue weighted by Gasteiger charge is 2.26. The minimum absolute atomic E-state index is 0.165. The van der Waals surface area contributed by atoms with Crippen molar-refractivity contribution in [3.63, 3.8) is 0 Å². The zero-order chi connectivity index (χ0) is 15.1. The van der Waals surface area contributed by atoms with Crippen LogP contribution in [0.5, 0.6) is 0 Å². The number of hydrogen-bond donors (Lipinski definition) is 1. The molecule has 8 heteroatoms. The first-order valence-corrected chi connectivity index (χ1v) is 6.27. The van der Waals surface area contributed by atoms with Gasteiger partial charge in [-0.15, -0.1) is 0 Å². The van der Waals surface area contributed by atoms with Crippen LogP contribution in [0.4, 0.5) is 20.3 Å². The van der Waals surface area contributed by atoms with Gasteiger partial charge in [0.2, 0.25) is 5.82 Å². The number of nitrogen functional groups attached to an aromatic ring is 1. The van der Waals surface area contributed by atoms with Crippen molar-refractivity contribution in [2.24, 2.45) is 0 Å². The Morgan fingerprint density at radius 1 is 1.24 bits per heavy atom. The number of aryl methyl sites for hydroxylation is 1. The number of rotatable bonds is 2. The highest BCUT2D eigenvalue weighted by Crippen LogP contribution is 2.32. The number of aromatic nitrogens is 2. The summed E-state index contributed by atoms with van der Waals surface area (Å²) in [5.41, 5.74) is 5.76. The summed E-state index contributed by atoms with van der Waals surface area (Å²) in [6.07, 6.45) is 2.21. The van der Waals surface area contributed by atoms with Crippen LogP contribution in [0.25, 0.3) is 11.4 Å². The van der Waals surface area contributed by atoms with Crippen molar-refractivity contribution in [2.75, 3.05) is 5.73 Å². The molecule has 0 aliphatic heterocycles. The van der Waals surface area contributed by atoms with Crippen LogP contribution in [0, 0.1) is 21.7 Å². The summed E-state index contributed by atoms with van der Waals surface area (Å²) in [6.45, 7) is 0. The van der Waals surface area contributed by atoms with E-state index in [9.17, 15) is 18.9 Å². The van der Waals surface area contributed by atoms with Crippen molar-refractivity contribution in [3.05, 3.63) is 45.1 Å². The fraction of sp³-hybridized carbons (Fsp3) is 0.231. The van der Waals surface area contributed by atoms with E-state index in [1.54, 1.807) is 0 Å². The molecule has 0 saturated heterocycles. The van der Waals surface area contributed by atoms with E-state index >= 15 is 0 Å². The second kappa shape index (κ2) is 4.72. The lowest BCUT2D eigenvalue weighted by Crippen LogP contribution is -2.06. The maximum Gasteiger partial charge on any atom is 0.305 e. The second-order valence-corrected chi connectivity index (χ2v) is 4.72. The molecule has 0 spiro atoms. The van der Waals surface area contributed by atoms with Gasteiger partial charge >= 0.3 is 5.69 Å². The minimum Gasteiger partial charge on any atom is -0.383 e. The summed E-state index contributed by atoms with van der Waals surface area (Å²) in [7, 11) is 0. The third kappa shape index (κ3) is 2.08. The van der Waals surface area contributed by atoms with Crippen molar-refractivity contribution >= 4 is 11.5 Å². The number of nitro groups is 1. The molecule has 0 fully saturated rings. The molecule has 0 unspecified atom stereocenters. The molecule has 0 bridgehead atoms. The molecule has 3 rings (SSSR count). The molecule has 0 atom stereocenters. The lowest BCUT2D eigenvalue weighted by atomic mass is 10.1. The number of halogens is 2. The lowest BCUT2D eigenvalue weighted by molar-refractivity contribution is -0.387. The Labute approximate surface area is 117 Å². The van der Waals surface area contributed by atoms with Gasteiger partial charge in [0.05, 0.1) is 10.5 Å². The first-order chi connectivity index (χ1) is 9.99. The van der Waals surface area contributed by atoms with Crippen LogP contribution in [0.15, 0.2) is 12.1 Å². The highest BCUT2D eigenvalue weighted by atomic mass is 19.1. The Kier molecular flexibility index (Phi) is 3.00. The maximum atomic E-state index is 14.2. The monoisotopic (exact) mass is 292 g/mol. The molecule has 1 aliphatic rings. The molecule has 0 amide bonds. The summed E-state index contributed by atoms with van der Waals surface area (Å²) >= 11 is 0. The van der Waals surface area contributed by atoms with Gasteiger partial charge in [-0.3, -0.25) is 10.1 Å². The Balaban J connectivity index is 2.24. The summed E-state index contributed by atoms with van der Waals surface area (Å²) in [5.74, 6) is -2.35. The molecule has 1 aliphatic carbocycles. The van der Waals surface area contributed by atoms with Gasteiger partial charge in [-0.05, 0) is 25.3 Å². The van der Waals surface area contributed by atoms with E-state index in [1.165, 1.54) is 0 Å². The van der Waals surface area contributed by atoms with Gasteiger partial charge in [0.1, 0.15) is 11.6 Å². The van der Waals surface area contributed by atoms with E-state index in [0.29, 0.717) is 12.1 Å². The van der Waals surface area contributed by atoms with E-state index in [1.807, 2.05) is 0 Å². The van der Waals surface area contributed by atoms with Crippen molar-refractivity contribution in [1.82, 2.24) is 9.97 Å². The molecule has 21 heavy (non-hydrogen) atoms. The Morgan fingerprint density at radius 2 is 2.00 bits per heavy atom. The van der Waals surface area contributed by atoms with Gasteiger partial charge in [0.15, 0.2) is 5.82 Å². The summed E-state index contributed by atoms with van der Waals surface area (Å²) in [5, 5.41) is 10.7. The number of anilines is 1. The van der Waals surface area contributed by atoms with E-state index in [2.05, 4.69) is 9.97 Å². The molecular formula is C13H10F2N4O2. The van der Waals surface area contributed by atoms with E-state index in [-0.39, 0.29) is 11.6 Å². The minimum atomic E-state index is -1.29. The van der Waals surface area contributed by atoms with Gasteiger partial charge < -0.3 is 5.73 Å². The molecule has 1 aromatic carbocycles. The van der Waals surface area contributed by atoms with Crippen LogP contribution in [0.1, 0.15) is 17.7 Å². The molecular weight excluding hydrogens is 282 g/mol. The Bertz CT molecular complexity index is 764. The molecule has 2 aromatic rings. The van der Waals surface area contributed by atoms with Crippen molar-refractivity contribution < 1.29 is 13.7 Å². The molecule has 6 nitrogen and oxygen atoms in total. The van der Waals surface area contributed by atoms with E-state index in [4.69, 9.17) is 5.73 Å². The maximum absolute atomic E-state index is 14.2. The third-order valence-corrected chi connectivity index (χ3v) is 3.46. The van der Waals surface area contributed by atoms with Gasteiger partial charge in [-0.1, -0.05) is 0 Å². The predicted octanol–water partition coefficient (Wildman–Crippen LogP) is 2.40. The largest absolute Gasteiger partial charge is 0.383 e. The number of nitrogens with zero attached hydrogens (tertiary/aromatic N) is 3. The van der Waals surface area contributed by atoms with Crippen LogP contribution in [-0.2, 0) is 12.8 Å². The average Bonchev–Trinajstić information content (AvgIpc) is 2.87. The lowest BCUT2D eigenvalue weighted by Gasteiger charge is -2.08. The number of benzene rings is 1. The molecule has 1 heterocycles. The number of fused-ring (bicyclic) bond motifs is 1. The van der Waals surface area contributed by atoms with Crippen LogP contribution in [-0.4, -0.2) is 14.9 Å². The van der Waals surface area contributed by atoms with Gasteiger partial charge in [-0.2, -0.15) is 4.39 Å². The number of hydrogen-bond acceptors (Lipinski definition) is 5. The molecule has 0 radical (unpaired) electrons. The number of nitrogens with two attached hydrogens (primary N) is 1. The van der Waals surface area contributed by atoms with Crippen LogP contribution < -0.4 is 5.73 Å². The van der Waals surface area contributed by atoms with Gasteiger partial charge in [0.25, 0.3) is 0 Å². The fourth-order valence-electron chi connectivity index (χ4n) is 2.46. The topological polar surface area (TPSA) is 94.9 Å².